The van der Waals surface area contributed by atoms with E-state index in [0.29, 0.717) is 6.04 Å². The summed E-state index contributed by atoms with van der Waals surface area (Å²) in [7, 11) is 0. The highest BCUT2D eigenvalue weighted by Gasteiger charge is 2.22. The molecule has 1 N–H and O–H groups in total. The number of aliphatic imine (C=N–C) groups is 1. The second-order valence-electron chi connectivity index (χ2n) is 7.57. The minimum atomic E-state index is 0. The molecule has 0 spiro atoms. The lowest BCUT2D eigenvalue weighted by atomic mass is 10.0. The Morgan fingerprint density at radius 2 is 2.00 bits per heavy atom. The van der Waals surface area contributed by atoms with Gasteiger partial charge in [0.05, 0.1) is 6.54 Å². The van der Waals surface area contributed by atoms with Crippen molar-refractivity contribution in [3.05, 3.63) is 47.5 Å². The van der Waals surface area contributed by atoms with Crippen molar-refractivity contribution in [2.75, 3.05) is 13.1 Å². The van der Waals surface area contributed by atoms with Crippen LogP contribution in [0.25, 0.3) is 0 Å². The molecule has 1 aromatic heterocycles. The molecule has 1 saturated carbocycles. The number of benzene rings is 1. The summed E-state index contributed by atoms with van der Waals surface area (Å²) in [5, 5.41) is 12.0. The summed E-state index contributed by atoms with van der Waals surface area (Å²) in [5.41, 5.74) is 2.91. The second-order valence-corrected chi connectivity index (χ2v) is 7.57. The third-order valence-electron chi connectivity index (χ3n) is 5.73. The van der Waals surface area contributed by atoms with Gasteiger partial charge in [0, 0.05) is 32.1 Å². The third kappa shape index (κ3) is 5.04. The monoisotopic (exact) mass is 494 g/mol. The zero-order valence-electron chi connectivity index (χ0n) is 16.7. The van der Waals surface area contributed by atoms with Crippen LogP contribution in [-0.4, -0.2) is 44.8 Å². The highest BCUT2D eigenvalue weighted by molar-refractivity contribution is 14.0. The van der Waals surface area contributed by atoms with E-state index >= 15 is 0 Å². The maximum atomic E-state index is 4.99. The summed E-state index contributed by atoms with van der Waals surface area (Å²) >= 11 is 0. The molecule has 0 unspecified atom stereocenters. The van der Waals surface area contributed by atoms with Crippen LogP contribution in [-0.2, 0) is 25.9 Å². The molecule has 4 rings (SSSR count). The quantitative estimate of drug-likeness (QED) is 0.394. The molecule has 0 radical (unpaired) electrons. The zero-order chi connectivity index (χ0) is 18.5. The van der Waals surface area contributed by atoms with Gasteiger partial charge in [0.15, 0.2) is 5.96 Å². The first-order chi connectivity index (χ1) is 13.3. The number of aromatic nitrogens is 3. The van der Waals surface area contributed by atoms with Crippen molar-refractivity contribution in [2.24, 2.45) is 4.99 Å². The van der Waals surface area contributed by atoms with E-state index in [9.17, 15) is 0 Å². The average molecular weight is 494 g/mol. The van der Waals surface area contributed by atoms with Crippen LogP contribution in [0, 0.1) is 0 Å². The molecule has 0 saturated heterocycles. The van der Waals surface area contributed by atoms with E-state index in [1.165, 1.54) is 36.8 Å². The number of rotatable bonds is 5. The molecule has 28 heavy (non-hydrogen) atoms. The highest BCUT2D eigenvalue weighted by Crippen LogP contribution is 2.21. The van der Waals surface area contributed by atoms with E-state index in [1.807, 2.05) is 6.33 Å². The van der Waals surface area contributed by atoms with Crippen LogP contribution in [0.2, 0.25) is 0 Å². The molecule has 1 fully saturated rings. The second kappa shape index (κ2) is 10.2. The molecular weight excluding hydrogens is 463 g/mol. The van der Waals surface area contributed by atoms with E-state index in [-0.39, 0.29) is 24.0 Å². The van der Waals surface area contributed by atoms with Gasteiger partial charge in [0.25, 0.3) is 0 Å². The molecule has 1 aliphatic carbocycles. The number of nitrogens with zero attached hydrogens (tertiary/aromatic N) is 5. The fourth-order valence-corrected chi connectivity index (χ4v) is 4.17. The third-order valence-corrected chi connectivity index (χ3v) is 5.73. The van der Waals surface area contributed by atoms with E-state index in [1.54, 1.807) is 0 Å². The summed E-state index contributed by atoms with van der Waals surface area (Å²) in [6.07, 6.45) is 8.98. The SMILES string of the molecule is CCc1nncn1CCN=C(NC1CCCC1)N1CCc2ccccc2C1.I. The maximum absolute atomic E-state index is 4.99. The van der Waals surface area contributed by atoms with Gasteiger partial charge >= 0.3 is 0 Å². The molecule has 2 aromatic rings. The number of guanidine groups is 1. The Morgan fingerprint density at radius 3 is 2.79 bits per heavy atom. The molecule has 152 valence electrons. The Hall–Kier alpha value is -1.64. The Bertz CT molecular complexity index is 781. The summed E-state index contributed by atoms with van der Waals surface area (Å²) in [5.74, 6) is 2.10. The molecule has 0 atom stereocenters. The number of halogens is 1. The van der Waals surface area contributed by atoms with Crippen LogP contribution in [0.5, 0.6) is 0 Å². The molecule has 0 amide bonds. The molecule has 1 aliphatic heterocycles. The molecule has 0 bridgehead atoms. The standard InChI is InChI=1S/C21H30N6.HI/c1-2-20-25-23-16-27(20)14-12-22-21(24-19-9-5-6-10-19)26-13-11-17-7-3-4-8-18(17)15-26;/h3-4,7-8,16,19H,2,5-6,9-15H2,1H3,(H,22,24);1H. The molecule has 6 nitrogen and oxygen atoms in total. The number of hydrogen-bond donors (Lipinski definition) is 1. The predicted molar refractivity (Wildman–Crippen MR) is 123 cm³/mol. The number of nitrogens with one attached hydrogen (secondary N) is 1. The first-order valence-corrected chi connectivity index (χ1v) is 10.3. The highest BCUT2D eigenvalue weighted by atomic mass is 127. The molecule has 2 aliphatic rings. The van der Waals surface area contributed by atoms with Crippen LogP contribution in [0.4, 0.5) is 0 Å². The molecule has 2 heterocycles. The first-order valence-electron chi connectivity index (χ1n) is 10.3. The molecule has 7 heteroatoms. The van der Waals surface area contributed by atoms with Crippen molar-refractivity contribution in [2.45, 2.75) is 64.6 Å². The van der Waals surface area contributed by atoms with Crippen molar-refractivity contribution in [1.82, 2.24) is 25.0 Å². The van der Waals surface area contributed by atoms with Gasteiger partial charge < -0.3 is 14.8 Å². The summed E-state index contributed by atoms with van der Waals surface area (Å²) in [6.45, 7) is 5.67. The predicted octanol–water partition coefficient (Wildman–Crippen LogP) is 3.41. The van der Waals surface area contributed by atoms with Gasteiger partial charge in [-0.05, 0) is 30.4 Å². The van der Waals surface area contributed by atoms with Crippen LogP contribution < -0.4 is 5.32 Å². The van der Waals surface area contributed by atoms with Gasteiger partial charge in [-0.1, -0.05) is 44.0 Å². The van der Waals surface area contributed by atoms with E-state index < -0.39 is 0 Å². The number of hydrogen-bond acceptors (Lipinski definition) is 3. The summed E-state index contributed by atoms with van der Waals surface area (Å²) in [4.78, 5) is 7.41. The van der Waals surface area contributed by atoms with E-state index in [0.717, 1.165) is 50.8 Å². The molecule has 1 aromatic carbocycles. The van der Waals surface area contributed by atoms with Crippen molar-refractivity contribution in [3.8, 4) is 0 Å². The number of aryl methyl sites for hydroxylation is 1. The van der Waals surface area contributed by atoms with Crippen LogP contribution in [0.1, 0.15) is 49.6 Å². The van der Waals surface area contributed by atoms with Gasteiger partial charge in [-0.25, -0.2) is 0 Å². The lowest BCUT2D eigenvalue weighted by molar-refractivity contribution is 0.370. The van der Waals surface area contributed by atoms with Gasteiger partial charge in [-0.3, -0.25) is 4.99 Å². The van der Waals surface area contributed by atoms with Gasteiger partial charge in [0.1, 0.15) is 12.2 Å². The Morgan fingerprint density at radius 1 is 1.21 bits per heavy atom. The Labute approximate surface area is 184 Å². The summed E-state index contributed by atoms with van der Waals surface area (Å²) in [6, 6.07) is 9.36. The van der Waals surface area contributed by atoms with Crippen molar-refractivity contribution in [1.29, 1.82) is 0 Å². The smallest absolute Gasteiger partial charge is 0.194 e. The van der Waals surface area contributed by atoms with Crippen molar-refractivity contribution >= 4 is 29.9 Å². The fraction of sp³-hybridized carbons (Fsp3) is 0.571. The first kappa shape index (κ1) is 21.1. The van der Waals surface area contributed by atoms with Crippen molar-refractivity contribution in [3.63, 3.8) is 0 Å². The topological polar surface area (TPSA) is 58.3 Å². The van der Waals surface area contributed by atoms with Gasteiger partial charge in [-0.2, -0.15) is 0 Å². The lowest BCUT2D eigenvalue weighted by Gasteiger charge is -2.33. The van der Waals surface area contributed by atoms with Crippen LogP contribution in [0.15, 0.2) is 35.6 Å². The Kier molecular flexibility index (Phi) is 7.70. The molecular formula is C21H31IN6. The van der Waals surface area contributed by atoms with Crippen molar-refractivity contribution < 1.29 is 0 Å². The maximum Gasteiger partial charge on any atom is 0.194 e. The average Bonchev–Trinajstić information content (AvgIpc) is 3.38. The minimum absolute atomic E-state index is 0. The van der Waals surface area contributed by atoms with E-state index in [2.05, 4.69) is 56.2 Å². The number of fused-ring (bicyclic) bond motifs is 1. The van der Waals surface area contributed by atoms with Gasteiger partial charge in [-0.15, -0.1) is 34.2 Å². The lowest BCUT2D eigenvalue weighted by Crippen LogP contribution is -2.47. The largest absolute Gasteiger partial charge is 0.353 e. The van der Waals surface area contributed by atoms with Crippen LogP contribution >= 0.6 is 24.0 Å². The Balaban J connectivity index is 0.00000225. The zero-order valence-corrected chi connectivity index (χ0v) is 19.0. The van der Waals surface area contributed by atoms with E-state index in [4.69, 9.17) is 4.99 Å². The fourth-order valence-electron chi connectivity index (χ4n) is 4.17. The van der Waals surface area contributed by atoms with Crippen LogP contribution in [0.3, 0.4) is 0 Å². The normalized spacial score (nSPS) is 17.3. The van der Waals surface area contributed by atoms with Gasteiger partial charge in [0.2, 0.25) is 0 Å². The summed E-state index contributed by atoms with van der Waals surface area (Å²) < 4.78 is 2.11. The minimum Gasteiger partial charge on any atom is -0.353 e.